The molecule has 0 aliphatic rings. The Morgan fingerprint density at radius 3 is 2.78 bits per heavy atom. The SMILES string of the molecule is COC(=O)C(CC(C)C)NCCc1ccnn1C. The minimum atomic E-state index is -0.219. The molecule has 1 aromatic heterocycles. The average molecular weight is 253 g/mol. The zero-order valence-corrected chi connectivity index (χ0v) is 11.6. The Morgan fingerprint density at radius 2 is 2.28 bits per heavy atom. The van der Waals surface area contributed by atoms with Crippen LogP contribution < -0.4 is 5.32 Å². The van der Waals surface area contributed by atoms with Crippen LogP contribution in [0.5, 0.6) is 0 Å². The van der Waals surface area contributed by atoms with E-state index in [4.69, 9.17) is 4.74 Å². The third-order valence-corrected chi connectivity index (χ3v) is 2.89. The lowest BCUT2D eigenvalue weighted by molar-refractivity contribution is -0.143. The first-order chi connectivity index (χ1) is 8.54. The average Bonchev–Trinajstić information content (AvgIpc) is 2.72. The molecular weight excluding hydrogens is 230 g/mol. The van der Waals surface area contributed by atoms with Crippen molar-refractivity contribution in [3.05, 3.63) is 18.0 Å². The molecule has 18 heavy (non-hydrogen) atoms. The molecule has 0 aliphatic carbocycles. The molecule has 1 rings (SSSR count). The summed E-state index contributed by atoms with van der Waals surface area (Å²) >= 11 is 0. The molecule has 0 bridgehead atoms. The molecule has 1 unspecified atom stereocenters. The van der Waals surface area contributed by atoms with Gasteiger partial charge in [-0.25, -0.2) is 0 Å². The lowest BCUT2D eigenvalue weighted by Crippen LogP contribution is -2.39. The monoisotopic (exact) mass is 253 g/mol. The van der Waals surface area contributed by atoms with Gasteiger partial charge in [-0.1, -0.05) is 13.8 Å². The number of hydrogen-bond acceptors (Lipinski definition) is 4. The van der Waals surface area contributed by atoms with Gasteiger partial charge < -0.3 is 10.1 Å². The number of methoxy groups -OCH3 is 1. The van der Waals surface area contributed by atoms with E-state index in [9.17, 15) is 4.79 Å². The number of nitrogens with zero attached hydrogens (tertiary/aromatic N) is 2. The van der Waals surface area contributed by atoms with Gasteiger partial charge in [-0.2, -0.15) is 5.10 Å². The van der Waals surface area contributed by atoms with Crippen molar-refractivity contribution in [3.8, 4) is 0 Å². The van der Waals surface area contributed by atoms with Crippen molar-refractivity contribution in [2.24, 2.45) is 13.0 Å². The van der Waals surface area contributed by atoms with Gasteiger partial charge in [-0.05, 0) is 18.4 Å². The van der Waals surface area contributed by atoms with Gasteiger partial charge in [0.2, 0.25) is 0 Å². The Labute approximate surface area is 109 Å². The first kappa shape index (κ1) is 14.7. The van der Waals surface area contributed by atoms with Crippen LogP contribution in [0.2, 0.25) is 0 Å². The molecule has 102 valence electrons. The van der Waals surface area contributed by atoms with Gasteiger partial charge in [-0.3, -0.25) is 9.48 Å². The number of aromatic nitrogens is 2. The van der Waals surface area contributed by atoms with Gasteiger partial charge in [0.25, 0.3) is 0 Å². The standard InChI is InChI=1S/C13H23N3O2/c1-10(2)9-12(13(17)18-4)14-7-5-11-6-8-15-16(11)3/h6,8,10,12,14H,5,7,9H2,1-4H3. The second kappa shape index (κ2) is 7.16. The normalized spacial score (nSPS) is 12.7. The van der Waals surface area contributed by atoms with E-state index in [0.29, 0.717) is 5.92 Å². The first-order valence-electron chi connectivity index (χ1n) is 6.32. The van der Waals surface area contributed by atoms with Crippen molar-refractivity contribution in [2.45, 2.75) is 32.7 Å². The van der Waals surface area contributed by atoms with E-state index in [2.05, 4.69) is 24.3 Å². The van der Waals surface area contributed by atoms with Crippen molar-refractivity contribution in [3.63, 3.8) is 0 Å². The van der Waals surface area contributed by atoms with E-state index in [1.807, 2.05) is 17.8 Å². The summed E-state index contributed by atoms with van der Waals surface area (Å²) in [5.74, 6) is 0.270. The second-order valence-corrected chi connectivity index (χ2v) is 4.86. The smallest absolute Gasteiger partial charge is 0.322 e. The Bertz CT molecular complexity index is 374. The van der Waals surface area contributed by atoms with Crippen molar-refractivity contribution in [1.82, 2.24) is 15.1 Å². The van der Waals surface area contributed by atoms with Crippen LogP contribution in [0.25, 0.3) is 0 Å². The van der Waals surface area contributed by atoms with Gasteiger partial charge in [0.15, 0.2) is 0 Å². The summed E-state index contributed by atoms with van der Waals surface area (Å²) in [4.78, 5) is 11.6. The maximum atomic E-state index is 11.6. The fourth-order valence-electron chi connectivity index (χ4n) is 1.90. The molecule has 5 heteroatoms. The number of rotatable bonds is 7. The summed E-state index contributed by atoms with van der Waals surface area (Å²) in [6, 6.07) is 1.76. The molecule has 1 atom stereocenters. The summed E-state index contributed by atoms with van der Waals surface area (Å²) in [5, 5.41) is 7.36. The Morgan fingerprint density at radius 1 is 1.56 bits per heavy atom. The lowest BCUT2D eigenvalue weighted by atomic mass is 10.0. The molecule has 0 aromatic carbocycles. The summed E-state index contributed by atoms with van der Waals surface area (Å²) in [7, 11) is 3.35. The topological polar surface area (TPSA) is 56.1 Å². The fourth-order valence-corrected chi connectivity index (χ4v) is 1.90. The van der Waals surface area contributed by atoms with Crippen LogP contribution in [0.4, 0.5) is 0 Å². The summed E-state index contributed by atoms with van der Waals surface area (Å²) in [5.41, 5.74) is 1.15. The van der Waals surface area contributed by atoms with Crippen molar-refractivity contribution < 1.29 is 9.53 Å². The van der Waals surface area contributed by atoms with E-state index in [1.165, 1.54) is 7.11 Å². The number of esters is 1. The first-order valence-corrected chi connectivity index (χ1v) is 6.32. The molecule has 1 aromatic rings. The number of nitrogens with one attached hydrogen (secondary N) is 1. The van der Waals surface area contributed by atoms with E-state index in [-0.39, 0.29) is 12.0 Å². The minimum absolute atomic E-state index is 0.186. The highest BCUT2D eigenvalue weighted by molar-refractivity contribution is 5.75. The summed E-state index contributed by atoms with van der Waals surface area (Å²) in [6.45, 7) is 4.93. The van der Waals surface area contributed by atoms with Crippen molar-refractivity contribution in [1.29, 1.82) is 0 Å². The quantitative estimate of drug-likeness (QED) is 0.740. The summed E-state index contributed by atoms with van der Waals surface area (Å²) < 4.78 is 6.65. The summed E-state index contributed by atoms with van der Waals surface area (Å²) in [6.07, 6.45) is 3.42. The lowest BCUT2D eigenvalue weighted by Gasteiger charge is -2.18. The molecule has 0 radical (unpaired) electrons. The highest BCUT2D eigenvalue weighted by atomic mass is 16.5. The van der Waals surface area contributed by atoms with E-state index in [1.54, 1.807) is 6.20 Å². The predicted molar refractivity (Wildman–Crippen MR) is 70.2 cm³/mol. The van der Waals surface area contributed by atoms with Crippen LogP contribution in [0, 0.1) is 5.92 Å². The van der Waals surface area contributed by atoms with Crippen LogP contribution >= 0.6 is 0 Å². The largest absolute Gasteiger partial charge is 0.468 e. The number of hydrogen-bond donors (Lipinski definition) is 1. The maximum absolute atomic E-state index is 11.6. The molecule has 0 saturated heterocycles. The zero-order chi connectivity index (χ0) is 13.5. The van der Waals surface area contributed by atoms with Crippen LogP contribution in [0.1, 0.15) is 26.0 Å². The molecule has 0 fully saturated rings. The van der Waals surface area contributed by atoms with Gasteiger partial charge in [0.05, 0.1) is 7.11 Å². The number of carbonyl (C=O) groups is 1. The van der Waals surface area contributed by atoms with Gasteiger partial charge in [0, 0.05) is 31.9 Å². The number of aryl methyl sites for hydroxylation is 1. The Balaban J connectivity index is 2.42. The van der Waals surface area contributed by atoms with Crippen molar-refractivity contribution >= 4 is 5.97 Å². The number of carbonyl (C=O) groups excluding carboxylic acids is 1. The molecule has 1 N–H and O–H groups in total. The zero-order valence-electron chi connectivity index (χ0n) is 11.6. The Hall–Kier alpha value is -1.36. The highest BCUT2D eigenvalue weighted by Crippen LogP contribution is 2.06. The molecule has 5 nitrogen and oxygen atoms in total. The fraction of sp³-hybridized carbons (Fsp3) is 0.692. The Kier molecular flexibility index (Phi) is 5.85. The maximum Gasteiger partial charge on any atom is 0.322 e. The molecule has 1 heterocycles. The van der Waals surface area contributed by atoms with E-state index < -0.39 is 0 Å². The van der Waals surface area contributed by atoms with Crippen LogP contribution in [-0.4, -0.2) is 35.4 Å². The second-order valence-electron chi connectivity index (χ2n) is 4.86. The predicted octanol–water partition coefficient (Wildman–Crippen LogP) is 1.14. The molecular formula is C13H23N3O2. The van der Waals surface area contributed by atoms with E-state index >= 15 is 0 Å². The van der Waals surface area contributed by atoms with Gasteiger partial charge in [0.1, 0.15) is 6.04 Å². The third kappa shape index (κ3) is 4.49. The van der Waals surface area contributed by atoms with Crippen LogP contribution in [0.15, 0.2) is 12.3 Å². The molecule has 0 aliphatic heterocycles. The van der Waals surface area contributed by atoms with Gasteiger partial charge in [-0.15, -0.1) is 0 Å². The van der Waals surface area contributed by atoms with E-state index in [0.717, 1.165) is 25.1 Å². The van der Waals surface area contributed by atoms with Gasteiger partial charge >= 0.3 is 5.97 Å². The molecule has 0 spiro atoms. The third-order valence-electron chi connectivity index (χ3n) is 2.89. The molecule has 0 amide bonds. The molecule has 0 saturated carbocycles. The van der Waals surface area contributed by atoms with Crippen LogP contribution in [0.3, 0.4) is 0 Å². The van der Waals surface area contributed by atoms with Crippen LogP contribution in [-0.2, 0) is 23.0 Å². The highest BCUT2D eigenvalue weighted by Gasteiger charge is 2.19. The number of ether oxygens (including phenoxy) is 1. The van der Waals surface area contributed by atoms with Crippen molar-refractivity contribution in [2.75, 3.05) is 13.7 Å². The minimum Gasteiger partial charge on any atom is -0.468 e.